The molecule has 1 fully saturated rings. The summed E-state index contributed by atoms with van der Waals surface area (Å²) in [6.07, 6.45) is 3.77. The van der Waals surface area contributed by atoms with E-state index in [4.69, 9.17) is 9.47 Å². The molecule has 1 heterocycles. The summed E-state index contributed by atoms with van der Waals surface area (Å²) in [5, 5.41) is 0. The van der Waals surface area contributed by atoms with Gasteiger partial charge in [0.1, 0.15) is 6.23 Å². The van der Waals surface area contributed by atoms with Gasteiger partial charge >= 0.3 is 0 Å². The SMILES string of the molecule is CCCOC(C)OC(C)N1CCCC1. The molecule has 14 heavy (non-hydrogen) atoms. The Morgan fingerprint density at radius 3 is 2.43 bits per heavy atom. The molecule has 0 aromatic carbocycles. The zero-order chi connectivity index (χ0) is 10.4. The van der Waals surface area contributed by atoms with Crippen LogP contribution in [0.4, 0.5) is 0 Å². The van der Waals surface area contributed by atoms with Crippen LogP contribution in [0.5, 0.6) is 0 Å². The summed E-state index contributed by atoms with van der Waals surface area (Å²) in [6.45, 7) is 9.31. The molecule has 0 spiro atoms. The van der Waals surface area contributed by atoms with E-state index in [1.165, 1.54) is 25.9 Å². The smallest absolute Gasteiger partial charge is 0.156 e. The standard InChI is InChI=1S/C11H23NO2/c1-4-9-13-11(3)14-10(2)12-7-5-6-8-12/h10-11H,4-9H2,1-3H3. The van der Waals surface area contributed by atoms with Crippen LogP contribution in [0.25, 0.3) is 0 Å². The molecule has 3 nitrogen and oxygen atoms in total. The predicted molar refractivity (Wildman–Crippen MR) is 57.1 cm³/mol. The molecule has 0 amide bonds. The van der Waals surface area contributed by atoms with Gasteiger partial charge in [-0.15, -0.1) is 0 Å². The van der Waals surface area contributed by atoms with Gasteiger partial charge in [-0.05, 0) is 33.1 Å². The zero-order valence-electron chi connectivity index (χ0n) is 9.66. The minimum Gasteiger partial charge on any atom is -0.353 e. The third-order valence-electron chi connectivity index (χ3n) is 2.60. The van der Waals surface area contributed by atoms with Crippen molar-refractivity contribution >= 4 is 0 Å². The van der Waals surface area contributed by atoms with Crippen LogP contribution in [0.15, 0.2) is 0 Å². The first-order valence-corrected chi connectivity index (χ1v) is 5.75. The normalized spacial score (nSPS) is 22.5. The summed E-state index contributed by atoms with van der Waals surface area (Å²) in [7, 11) is 0. The fraction of sp³-hybridized carbons (Fsp3) is 1.00. The molecule has 1 aliphatic heterocycles. The third-order valence-corrected chi connectivity index (χ3v) is 2.60. The van der Waals surface area contributed by atoms with Gasteiger partial charge in [0.2, 0.25) is 0 Å². The topological polar surface area (TPSA) is 21.7 Å². The first kappa shape index (κ1) is 12.0. The van der Waals surface area contributed by atoms with E-state index in [0.717, 1.165) is 13.0 Å². The molecule has 0 radical (unpaired) electrons. The molecule has 3 heteroatoms. The predicted octanol–water partition coefficient (Wildman–Crippen LogP) is 2.22. The molecule has 2 atom stereocenters. The summed E-state index contributed by atoms with van der Waals surface area (Å²) in [5.74, 6) is 0. The average Bonchev–Trinajstić information content (AvgIpc) is 2.67. The molecule has 0 bridgehead atoms. The molecule has 0 aromatic heterocycles. The largest absolute Gasteiger partial charge is 0.353 e. The van der Waals surface area contributed by atoms with Gasteiger partial charge in [-0.1, -0.05) is 6.92 Å². The van der Waals surface area contributed by atoms with Crippen molar-refractivity contribution in [1.29, 1.82) is 0 Å². The van der Waals surface area contributed by atoms with Crippen LogP contribution in [0.1, 0.15) is 40.0 Å². The maximum absolute atomic E-state index is 5.74. The molecular weight excluding hydrogens is 178 g/mol. The molecule has 84 valence electrons. The summed E-state index contributed by atoms with van der Waals surface area (Å²) in [6, 6.07) is 0. The Balaban J connectivity index is 2.14. The van der Waals surface area contributed by atoms with E-state index in [-0.39, 0.29) is 12.5 Å². The summed E-state index contributed by atoms with van der Waals surface area (Å²) < 4.78 is 11.2. The number of likely N-dealkylation sites (tertiary alicyclic amines) is 1. The van der Waals surface area contributed by atoms with Gasteiger partial charge in [-0.3, -0.25) is 4.90 Å². The van der Waals surface area contributed by atoms with E-state index in [9.17, 15) is 0 Å². The van der Waals surface area contributed by atoms with Crippen molar-refractivity contribution in [3.8, 4) is 0 Å². The van der Waals surface area contributed by atoms with Gasteiger partial charge < -0.3 is 9.47 Å². The lowest BCUT2D eigenvalue weighted by Crippen LogP contribution is -2.35. The highest BCUT2D eigenvalue weighted by Gasteiger charge is 2.20. The van der Waals surface area contributed by atoms with Crippen LogP contribution >= 0.6 is 0 Å². The average molecular weight is 201 g/mol. The highest BCUT2D eigenvalue weighted by atomic mass is 16.7. The number of hydrogen-bond acceptors (Lipinski definition) is 3. The highest BCUT2D eigenvalue weighted by molar-refractivity contribution is 4.67. The minimum absolute atomic E-state index is 0.0782. The molecule has 1 saturated heterocycles. The lowest BCUT2D eigenvalue weighted by Gasteiger charge is -2.26. The van der Waals surface area contributed by atoms with Crippen LogP contribution < -0.4 is 0 Å². The van der Waals surface area contributed by atoms with Gasteiger partial charge in [-0.25, -0.2) is 0 Å². The third kappa shape index (κ3) is 3.95. The Bertz CT molecular complexity index is 146. The van der Waals surface area contributed by atoms with E-state index in [1.807, 2.05) is 6.92 Å². The second-order valence-corrected chi connectivity index (χ2v) is 3.92. The van der Waals surface area contributed by atoms with E-state index in [1.54, 1.807) is 0 Å². The van der Waals surface area contributed by atoms with Crippen LogP contribution in [0, 0.1) is 0 Å². The first-order valence-electron chi connectivity index (χ1n) is 5.75. The molecule has 2 unspecified atom stereocenters. The van der Waals surface area contributed by atoms with Crippen molar-refractivity contribution in [2.45, 2.75) is 52.6 Å². The number of ether oxygens (including phenoxy) is 2. The number of rotatable bonds is 6. The van der Waals surface area contributed by atoms with Crippen LogP contribution in [0.2, 0.25) is 0 Å². The maximum atomic E-state index is 5.74. The minimum atomic E-state index is -0.0782. The Labute approximate surface area is 87.4 Å². The van der Waals surface area contributed by atoms with Gasteiger partial charge in [0, 0.05) is 19.7 Å². The monoisotopic (exact) mass is 201 g/mol. The highest BCUT2D eigenvalue weighted by Crippen LogP contribution is 2.13. The van der Waals surface area contributed by atoms with Crippen LogP contribution in [-0.4, -0.2) is 37.1 Å². The Kier molecular flexibility index (Phi) is 5.45. The van der Waals surface area contributed by atoms with Gasteiger partial charge in [0.15, 0.2) is 6.29 Å². The van der Waals surface area contributed by atoms with E-state index >= 15 is 0 Å². The second kappa shape index (κ2) is 6.38. The van der Waals surface area contributed by atoms with Crippen LogP contribution in [0.3, 0.4) is 0 Å². The molecule has 1 aliphatic rings. The van der Waals surface area contributed by atoms with Crippen LogP contribution in [-0.2, 0) is 9.47 Å². The lowest BCUT2D eigenvalue weighted by atomic mass is 10.4. The van der Waals surface area contributed by atoms with Gasteiger partial charge in [0.25, 0.3) is 0 Å². The molecule has 0 N–H and O–H groups in total. The number of nitrogens with zero attached hydrogens (tertiary/aromatic N) is 1. The zero-order valence-corrected chi connectivity index (χ0v) is 9.66. The molecule has 0 aromatic rings. The fourth-order valence-corrected chi connectivity index (χ4v) is 1.79. The van der Waals surface area contributed by atoms with Gasteiger partial charge in [-0.2, -0.15) is 0 Å². The molecule has 0 aliphatic carbocycles. The van der Waals surface area contributed by atoms with Crippen molar-refractivity contribution < 1.29 is 9.47 Å². The molecule has 1 rings (SSSR count). The fourth-order valence-electron chi connectivity index (χ4n) is 1.79. The Hall–Kier alpha value is -0.120. The Morgan fingerprint density at radius 2 is 1.86 bits per heavy atom. The number of hydrogen-bond donors (Lipinski definition) is 0. The van der Waals surface area contributed by atoms with Crippen molar-refractivity contribution in [3.05, 3.63) is 0 Å². The van der Waals surface area contributed by atoms with E-state index in [2.05, 4.69) is 18.7 Å². The lowest BCUT2D eigenvalue weighted by molar-refractivity contribution is -0.189. The summed E-state index contributed by atoms with van der Waals surface area (Å²) in [4.78, 5) is 2.37. The van der Waals surface area contributed by atoms with Crippen molar-refractivity contribution in [3.63, 3.8) is 0 Å². The molecule has 0 saturated carbocycles. The molecular formula is C11H23NO2. The van der Waals surface area contributed by atoms with E-state index in [0.29, 0.717) is 0 Å². The quantitative estimate of drug-likeness (QED) is 0.615. The first-order chi connectivity index (χ1) is 6.74. The van der Waals surface area contributed by atoms with Crippen molar-refractivity contribution in [1.82, 2.24) is 4.90 Å². The maximum Gasteiger partial charge on any atom is 0.156 e. The van der Waals surface area contributed by atoms with E-state index < -0.39 is 0 Å². The van der Waals surface area contributed by atoms with Crippen molar-refractivity contribution in [2.24, 2.45) is 0 Å². The van der Waals surface area contributed by atoms with Crippen molar-refractivity contribution in [2.75, 3.05) is 19.7 Å². The summed E-state index contributed by atoms with van der Waals surface area (Å²) in [5.41, 5.74) is 0. The summed E-state index contributed by atoms with van der Waals surface area (Å²) >= 11 is 0. The Morgan fingerprint density at radius 1 is 1.21 bits per heavy atom. The van der Waals surface area contributed by atoms with Gasteiger partial charge in [0.05, 0.1) is 0 Å². The second-order valence-electron chi connectivity index (χ2n) is 3.92.